The number of fused-ring (bicyclic) bond motifs is 1. The van der Waals surface area contributed by atoms with Gasteiger partial charge in [-0.25, -0.2) is 8.78 Å². The molecule has 30 heavy (non-hydrogen) atoms. The summed E-state index contributed by atoms with van der Waals surface area (Å²) in [4.78, 5) is 27.7. The van der Waals surface area contributed by atoms with Gasteiger partial charge in [0, 0.05) is 55.4 Å². The second kappa shape index (κ2) is 8.27. The number of anilines is 3. The van der Waals surface area contributed by atoms with Gasteiger partial charge in [0.2, 0.25) is 11.8 Å². The van der Waals surface area contributed by atoms with Gasteiger partial charge in [0.05, 0.1) is 20.1 Å². The van der Waals surface area contributed by atoms with Gasteiger partial charge in [0.25, 0.3) is 0 Å². The van der Waals surface area contributed by atoms with Crippen LogP contribution in [0.25, 0.3) is 0 Å². The Bertz CT molecular complexity index is 967. The SMILES string of the molecule is COc1c(F)cc(N2CCN(CC(=O)Nc3ccc4c(c3)CC(=O)N4)CC2)cc1F. The highest BCUT2D eigenvalue weighted by Gasteiger charge is 2.22. The number of nitrogens with zero attached hydrogens (tertiary/aromatic N) is 2. The van der Waals surface area contributed by atoms with E-state index in [9.17, 15) is 18.4 Å². The fourth-order valence-electron chi connectivity index (χ4n) is 3.80. The first-order valence-electron chi connectivity index (χ1n) is 9.66. The van der Waals surface area contributed by atoms with Gasteiger partial charge >= 0.3 is 0 Å². The van der Waals surface area contributed by atoms with Crippen molar-refractivity contribution >= 4 is 28.9 Å². The number of carbonyl (C=O) groups excluding carboxylic acids is 2. The van der Waals surface area contributed by atoms with E-state index >= 15 is 0 Å². The molecule has 0 saturated carbocycles. The van der Waals surface area contributed by atoms with E-state index in [1.54, 1.807) is 18.2 Å². The van der Waals surface area contributed by atoms with Crippen LogP contribution in [0.4, 0.5) is 25.8 Å². The number of ether oxygens (including phenoxy) is 1. The minimum absolute atomic E-state index is 0.0528. The predicted octanol–water partition coefficient (Wildman–Crippen LogP) is 2.23. The second-order valence-electron chi connectivity index (χ2n) is 7.35. The van der Waals surface area contributed by atoms with Crippen LogP contribution >= 0.6 is 0 Å². The van der Waals surface area contributed by atoms with E-state index in [2.05, 4.69) is 10.6 Å². The number of hydrogen-bond acceptors (Lipinski definition) is 5. The summed E-state index contributed by atoms with van der Waals surface area (Å²) in [7, 11) is 1.23. The summed E-state index contributed by atoms with van der Waals surface area (Å²) in [6, 6.07) is 7.86. The molecule has 0 bridgehead atoms. The number of benzene rings is 2. The van der Waals surface area contributed by atoms with Crippen LogP contribution in [0.5, 0.6) is 5.75 Å². The lowest BCUT2D eigenvalue weighted by molar-refractivity contribution is -0.117. The quantitative estimate of drug-likeness (QED) is 0.782. The summed E-state index contributed by atoms with van der Waals surface area (Å²) in [6.45, 7) is 2.49. The molecule has 2 N–H and O–H groups in total. The van der Waals surface area contributed by atoms with Gasteiger partial charge in [-0.1, -0.05) is 0 Å². The molecule has 0 aromatic heterocycles. The van der Waals surface area contributed by atoms with E-state index < -0.39 is 11.6 Å². The zero-order valence-corrected chi connectivity index (χ0v) is 16.5. The third-order valence-electron chi connectivity index (χ3n) is 5.31. The molecule has 1 fully saturated rings. The molecule has 4 rings (SSSR count). The molecule has 2 aromatic carbocycles. The second-order valence-corrected chi connectivity index (χ2v) is 7.35. The fourth-order valence-corrected chi connectivity index (χ4v) is 3.80. The third kappa shape index (κ3) is 4.20. The smallest absolute Gasteiger partial charge is 0.238 e. The van der Waals surface area contributed by atoms with E-state index in [0.717, 1.165) is 11.3 Å². The standard InChI is InChI=1S/C21H22F2N4O3/c1-30-21-16(22)10-15(11-17(21)23)27-6-4-26(5-7-27)12-20(29)24-14-2-3-18-13(8-14)9-19(28)25-18/h2-3,8,10-11H,4-7,9,12H2,1H3,(H,24,29)(H,25,28). The molecule has 2 heterocycles. The van der Waals surface area contributed by atoms with E-state index in [4.69, 9.17) is 4.74 Å². The summed E-state index contributed by atoms with van der Waals surface area (Å²) < 4.78 is 32.6. The molecule has 2 amide bonds. The van der Waals surface area contributed by atoms with E-state index in [0.29, 0.717) is 44.0 Å². The summed E-state index contributed by atoms with van der Waals surface area (Å²) in [6.07, 6.45) is 0.313. The van der Waals surface area contributed by atoms with Crippen molar-refractivity contribution < 1.29 is 23.1 Å². The zero-order chi connectivity index (χ0) is 21.3. The Hall–Kier alpha value is -3.20. The Labute approximate surface area is 172 Å². The highest BCUT2D eigenvalue weighted by Crippen LogP contribution is 2.28. The average Bonchev–Trinajstić information content (AvgIpc) is 3.07. The van der Waals surface area contributed by atoms with Crippen LogP contribution in [-0.2, 0) is 16.0 Å². The predicted molar refractivity (Wildman–Crippen MR) is 109 cm³/mol. The third-order valence-corrected chi connectivity index (χ3v) is 5.31. The number of piperazine rings is 1. The molecule has 9 heteroatoms. The molecule has 2 aromatic rings. The van der Waals surface area contributed by atoms with E-state index in [1.807, 2.05) is 9.80 Å². The Morgan fingerprint density at radius 3 is 2.50 bits per heavy atom. The number of halogens is 2. The van der Waals surface area contributed by atoms with Crippen molar-refractivity contribution in [2.75, 3.05) is 55.4 Å². The number of hydrogen-bond donors (Lipinski definition) is 2. The van der Waals surface area contributed by atoms with Gasteiger partial charge in [-0.15, -0.1) is 0 Å². The van der Waals surface area contributed by atoms with Gasteiger partial charge in [-0.05, 0) is 23.8 Å². The van der Waals surface area contributed by atoms with Crippen LogP contribution < -0.4 is 20.3 Å². The zero-order valence-electron chi connectivity index (χ0n) is 16.5. The van der Waals surface area contributed by atoms with Gasteiger partial charge in [0.15, 0.2) is 17.4 Å². The maximum Gasteiger partial charge on any atom is 0.238 e. The number of amides is 2. The van der Waals surface area contributed by atoms with Crippen LogP contribution in [0.1, 0.15) is 5.56 Å². The highest BCUT2D eigenvalue weighted by molar-refractivity contribution is 6.00. The maximum atomic E-state index is 13.9. The Morgan fingerprint density at radius 1 is 1.13 bits per heavy atom. The maximum absolute atomic E-state index is 13.9. The van der Waals surface area contributed by atoms with Gasteiger partial charge in [0.1, 0.15) is 0 Å². The van der Waals surface area contributed by atoms with Crippen LogP contribution in [0.3, 0.4) is 0 Å². The lowest BCUT2D eigenvalue weighted by atomic mass is 10.1. The summed E-state index contributed by atoms with van der Waals surface area (Å²) >= 11 is 0. The molecule has 0 unspecified atom stereocenters. The number of carbonyl (C=O) groups is 2. The minimum atomic E-state index is -0.736. The number of methoxy groups -OCH3 is 1. The molecule has 2 aliphatic rings. The van der Waals surface area contributed by atoms with Gasteiger partial charge in [-0.3, -0.25) is 14.5 Å². The van der Waals surface area contributed by atoms with E-state index in [-0.39, 0.29) is 24.1 Å². The van der Waals surface area contributed by atoms with Crippen molar-refractivity contribution in [3.8, 4) is 5.75 Å². The van der Waals surface area contributed by atoms with Crippen molar-refractivity contribution in [2.45, 2.75) is 6.42 Å². The summed E-state index contributed by atoms with van der Waals surface area (Å²) in [5.74, 6) is -2.06. The molecular formula is C21H22F2N4O3. The monoisotopic (exact) mass is 416 g/mol. The molecule has 0 aliphatic carbocycles. The first-order chi connectivity index (χ1) is 14.4. The van der Waals surface area contributed by atoms with Crippen LogP contribution in [0, 0.1) is 11.6 Å². The molecule has 0 radical (unpaired) electrons. The molecule has 0 spiro atoms. The summed E-state index contributed by atoms with van der Waals surface area (Å²) in [5.41, 5.74) is 2.75. The molecular weight excluding hydrogens is 394 g/mol. The molecule has 7 nitrogen and oxygen atoms in total. The largest absolute Gasteiger partial charge is 0.491 e. The van der Waals surface area contributed by atoms with Crippen LogP contribution in [0.15, 0.2) is 30.3 Å². The lowest BCUT2D eigenvalue weighted by Crippen LogP contribution is -2.48. The van der Waals surface area contributed by atoms with Crippen molar-refractivity contribution in [1.82, 2.24) is 4.90 Å². The summed E-state index contributed by atoms with van der Waals surface area (Å²) in [5, 5.41) is 5.61. The highest BCUT2D eigenvalue weighted by atomic mass is 19.1. The van der Waals surface area contributed by atoms with Crippen LogP contribution in [-0.4, -0.2) is 56.5 Å². The Balaban J connectivity index is 1.30. The van der Waals surface area contributed by atoms with E-state index in [1.165, 1.54) is 19.2 Å². The lowest BCUT2D eigenvalue weighted by Gasteiger charge is -2.35. The topological polar surface area (TPSA) is 73.9 Å². The number of nitrogens with one attached hydrogen (secondary N) is 2. The van der Waals surface area contributed by atoms with Crippen molar-refractivity contribution in [2.24, 2.45) is 0 Å². The molecule has 158 valence electrons. The Morgan fingerprint density at radius 2 is 1.83 bits per heavy atom. The first-order valence-corrected chi connectivity index (χ1v) is 9.66. The number of rotatable bonds is 5. The normalized spacial score (nSPS) is 16.2. The van der Waals surface area contributed by atoms with Crippen molar-refractivity contribution in [3.63, 3.8) is 0 Å². The fraction of sp³-hybridized carbons (Fsp3) is 0.333. The molecule has 1 saturated heterocycles. The minimum Gasteiger partial charge on any atom is -0.491 e. The van der Waals surface area contributed by atoms with Crippen molar-refractivity contribution in [3.05, 3.63) is 47.5 Å². The first kappa shape index (κ1) is 20.1. The van der Waals surface area contributed by atoms with Gasteiger partial charge in [-0.2, -0.15) is 0 Å². The van der Waals surface area contributed by atoms with Crippen LogP contribution in [0.2, 0.25) is 0 Å². The van der Waals surface area contributed by atoms with Gasteiger partial charge < -0.3 is 20.3 Å². The average molecular weight is 416 g/mol. The molecule has 0 atom stereocenters. The Kier molecular flexibility index (Phi) is 5.54. The molecule has 2 aliphatic heterocycles. The van der Waals surface area contributed by atoms with Crippen molar-refractivity contribution in [1.29, 1.82) is 0 Å².